The van der Waals surface area contributed by atoms with Crippen LogP contribution in [-0.2, 0) is 21.2 Å². The first-order valence-corrected chi connectivity index (χ1v) is 14.1. The molecule has 1 saturated heterocycles. The first-order chi connectivity index (χ1) is 16.6. The zero-order valence-electron chi connectivity index (χ0n) is 19.7. The quantitative estimate of drug-likeness (QED) is 0.455. The predicted molar refractivity (Wildman–Crippen MR) is 133 cm³/mol. The molecule has 0 bridgehead atoms. The van der Waals surface area contributed by atoms with Gasteiger partial charge in [0, 0.05) is 23.7 Å². The van der Waals surface area contributed by atoms with Crippen molar-refractivity contribution >= 4 is 38.7 Å². The molecule has 1 N–H and O–H groups in total. The Morgan fingerprint density at radius 2 is 1.97 bits per heavy atom. The Morgan fingerprint density at radius 1 is 1.26 bits per heavy atom. The maximum atomic E-state index is 14.1. The Morgan fingerprint density at radius 3 is 2.60 bits per heavy atom. The molecule has 1 aliphatic rings. The van der Waals surface area contributed by atoms with Gasteiger partial charge in [0.15, 0.2) is 0 Å². The van der Waals surface area contributed by atoms with E-state index in [0.29, 0.717) is 34.5 Å². The summed E-state index contributed by atoms with van der Waals surface area (Å²) in [5, 5.41) is 14.3. The van der Waals surface area contributed by atoms with Crippen molar-refractivity contribution in [2.24, 2.45) is 0 Å². The number of benzene rings is 2. The van der Waals surface area contributed by atoms with Gasteiger partial charge in [-0.2, -0.15) is 21.2 Å². The van der Waals surface area contributed by atoms with Crippen molar-refractivity contribution in [3.05, 3.63) is 54.0 Å². The fraction of sp³-hybridized carbons (Fsp3) is 0.417. The van der Waals surface area contributed by atoms with Crippen LogP contribution in [0.4, 0.5) is 4.39 Å². The molecule has 0 spiro atoms. The summed E-state index contributed by atoms with van der Waals surface area (Å²) in [6.45, 7) is 3.95. The second-order valence-electron chi connectivity index (χ2n) is 8.83. The van der Waals surface area contributed by atoms with E-state index in [1.54, 1.807) is 40.7 Å². The molecule has 2 atom stereocenters. The lowest BCUT2D eigenvalue weighted by Crippen LogP contribution is -2.37. The highest BCUT2D eigenvalue weighted by atomic mass is 32.2. The molecular weight excluding hydrogens is 493 g/mol. The van der Waals surface area contributed by atoms with E-state index in [1.165, 1.54) is 22.5 Å². The zero-order chi connectivity index (χ0) is 25.3. The van der Waals surface area contributed by atoms with E-state index in [0.717, 1.165) is 0 Å². The highest BCUT2D eigenvalue weighted by molar-refractivity contribution is 7.98. The Bertz CT molecular complexity index is 1320. The number of aliphatic carboxylic acids is 1. The van der Waals surface area contributed by atoms with Crippen LogP contribution in [0.3, 0.4) is 0 Å². The van der Waals surface area contributed by atoms with E-state index in [1.807, 2.05) is 20.1 Å². The van der Waals surface area contributed by atoms with Gasteiger partial charge in [0.05, 0.1) is 34.7 Å². The van der Waals surface area contributed by atoms with Crippen molar-refractivity contribution in [3.63, 3.8) is 0 Å². The summed E-state index contributed by atoms with van der Waals surface area (Å²) in [6.07, 6.45) is 2.07. The molecule has 4 rings (SSSR count). The third-order valence-electron chi connectivity index (χ3n) is 5.91. The lowest BCUT2D eigenvalue weighted by Gasteiger charge is -2.23. The molecule has 1 aromatic heterocycles. The summed E-state index contributed by atoms with van der Waals surface area (Å²) in [5.74, 6) is -0.330. The minimum atomic E-state index is -3.81. The third-order valence-corrected chi connectivity index (χ3v) is 8.56. The van der Waals surface area contributed by atoms with Crippen LogP contribution >= 0.6 is 11.8 Å². The number of fused-ring (bicyclic) bond motifs is 1. The van der Waals surface area contributed by atoms with Gasteiger partial charge in [0.2, 0.25) is 10.0 Å². The molecule has 0 unspecified atom stereocenters. The number of carboxylic acids is 1. The highest BCUT2D eigenvalue weighted by Gasteiger charge is 2.41. The predicted octanol–water partition coefficient (Wildman–Crippen LogP) is 3.96. The maximum absolute atomic E-state index is 14.1. The van der Waals surface area contributed by atoms with Crippen LogP contribution in [0, 0.1) is 5.82 Å². The molecular formula is C24H28FN3O5S2. The number of carboxylic acid groups (broad SMARTS) is 1. The summed E-state index contributed by atoms with van der Waals surface area (Å²) in [7, 11) is -3.81. The summed E-state index contributed by atoms with van der Waals surface area (Å²) in [6, 6.07) is 9.84. The minimum Gasteiger partial charge on any atom is -0.491 e. The number of rotatable bonds is 9. The van der Waals surface area contributed by atoms with Crippen molar-refractivity contribution in [2.75, 3.05) is 18.6 Å². The van der Waals surface area contributed by atoms with Gasteiger partial charge in [-0.1, -0.05) is 0 Å². The first-order valence-electron chi connectivity index (χ1n) is 11.3. The second-order valence-corrected chi connectivity index (χ2v) is 11.6. The molecule has 1 aliphatic heterocycles. The lowest BCUT2D eigenvalue weighted by molar-refractivity contribution is -0.136. The Kier molecular flexibility index (Phi) is 7.39. The number of halogens is 1. The van der Waals surface area contributed by atoms with Crippen molar-refractivity contribution in [1.82, 2.24) is 14.1 Å². The van der Waals surface area contributed by atoms with Crippen LogP contribution < -0.4 is 4.74 Å². The molecule has 2 aromatic carbocycles. The van der Waals surface area contributed by atoms with Gasteiger partial charge < -0.3 is 9.84 Å². The Hall–Kier alpha value is -2.63. The fourth-order valence-electron chi connectivity index (χ4n) is 4.50. The number of nitrogens with zero attached hydrogens (tertiary/aromatic N) is 3. The molecule has 1 fully saturated rings. The van der Waals surface area contributed by atoms with Gasteiger partial charge in [0.1, 0.15) is 11.6 Å². The van der Waals surface area contributed by atoms with E-state index in [-0.39, 0.29) is 36.0 Å². The second kappa shape index (κ2) is 10.2. The zero-order valence-corrected chi connectivity index (χ0v) is 21.4. The number of ether oxygens (including phenoxy) is 1. The number of sulfonamides is 1. The van der Waals surface area contributed by atoms with E-state index in [4.69, 9.17) is 4.74 Å². The van der Waals surface area contributed by atoms with Crippen LogP contribution in [-0.4, -0.2) is 64.3 Å². The van der Waals surface area contributed by atoms with Gasteiger partial charge in [-0.05, 0) is 69.0 Å². The van der Waals surface area contributed by atoms with Crippen molar-refractivity contribution < 1.29 is 27.4 Å². The van der Waals surface area contributed by atoms with Gasteiger partial charge in [-0.25, -0.2) is 12.8 Å². The molecule has 0 amide bonds. The third kappa shape index (κ3) is 5.31. The first kappa shape index (κ1) is 25.5. The molecule has 0 aliphatic carbocycles. The van der Waals surface area contributed by atoms with Gasteiger partial charge >= 0.3 is 5.97 Å². The summed E-state index contributed by atoms with van der Waals surface area (Å²) in [4.78, 5) is 11.5. The molecule has 8 nitrogen and oxygen atoms in total. The SMILES string of the molecule is CSC[C@H]1C[C@@H](n2nc(CC(=O)O)c3ccc(F)cc32)CN1S(=O)(=O)c1ccc(OC(C)C)cc1. The number of thioether (sulfide) groups is 1. The highest BCUT2D eigenvalue weighted by Crippen LogP contribution is 2.36. The van der Waals surface area contributed by atoms with Gasteiger partial charge in [-0.3, -0.25) is 9.48 Å². The largest absolute Gasteiger partial charge is 0.491 e. The van der Waals surface area contributed by atoms with Gasteiger partial charge in [-0.15, -0.1) is 0 Å². The number of carbonyl (C=O) groups is 1. The average Bonchev–Trinajstić information content (AvgIpc) is 3.35. The standard InChI is InChI=1S/C24H28FN3O5S2/c1-15(2)33-19-5-7-20(8-6-19)35(31,32)27-13-17(11-18(27)14-34-3)28-23-10-16(25)4-9-21(23)22(26-28)12-24(29)30/h4-10,15,17-18H,11-14H2,1-3H3,(H,29,30)/t17-,18-/m1/s1. The fourth-order valence-corrected chi connectivity index (χ4v) is 6.97. The van der Waals surface area contributed by atoms with E-state index < -0.39 is 21.8 Å². The van der Waals surface area contributed by atoms with Gasteiger partial charge in [0.25, 0.3) is 0 Å². The van der Waals surface area contributed by atoms with E-state index >= 15 is 0 Å². The van der Waals surface area contributed by atoms with Crippen LogP contribution in [0.25, 0.3) is 10.9 Å². The molecule has 2 heterocycles. The Labute approximate surface area is 208 Å². The smallest absolute Gasteiger partial charge is 0.309 e. The lowest BCUT2D eigenvalue weighted by atomic mass is 10.1. The van der Waals surface area contributed by atoms with Crippen LogP contribution in [0.15, 0.2) is 47.4 Å². The molecule has 11 heteroatoms. The minimum absolute atomic E-state index is 0.0255. The monoisotopic (exact) mass is 521 g/mol. The molecule has 3 aromatic rings. The van der Waals surface area contributed by atoms with E-state index in [9.17, 15) is 22.7 Å². The summed E-state index contributed by atoms with van der Waals surface area (Å²) in [5.41, 5.74) is 0.791. The Balaban J connectivity index is 1.69. The van der Waals surface area contributed by atoms with E-state index in [2.05, 4.69) is 5.10 Å². The average molecular weight is 522 g/mol. The normalized spacial score (nSPS) is 19.0. The van der Waals surface area contributed by atoms with Crippen LogP contribution in [0.5, 0.6) is 5.75 Å². The topological polar surface area (TPSA) is 102 Å². The van der Waals surface area contributed by atoms with Crippen LogP contribution in [0.2, 0.25) is 0 Å². The maximum Gasteiger partial charge on any atom is 0.309 e. The summed E-state index contributed by atoms with van der Waals surface area (Å²) >= 11 is 1.55. The van der Waals surface area contributed by atoms with Crippen LogP contribution in [0.1, 0.15) is 32.0 Å². The number of hydrogen-bond donors (Lipinski definition) is 1. The molecule has 188 valence electrons. The number of hydrogen-bond acceptors (Lipinski definition) is 6. The van der Waals surface area contributed by atoms with Crippen molar-refractivity contribution in [3.8, 4) is 5.75 Å². The number of aromatic nitrogens is 2. The van der Waals surface area contributed by atoms with Crippen molar-refractivity contribution in [1.29, 1.82) is 0 Å². The van der Waals surface area contributed by atoms with Crippen molar-refractivity contribution in [2.45, 2.75) is 49.8 Å². The molecule has 0 saturated carbocycles. The molecule has 0 radical (unpaired) electrons. The molecule has 35 heavy (non-hydrogen) atoms. The summed E-state index contributed by atoms with van der Waals surface area (Å²) < 4.78 is 50.0.